The maximum absolute atomic E-state index is 13.3. The number of hydrogen-bond acceptors (Lipinski definition) is 3. The van der Waals surface area contributed by atoms with Crippen molar-refractivity contribution in [2.75, 3.05) is 0 Å². The normalized spacial score (nSPS) is 18.4. The highest BCUT2D eigenvalue weighted by Gasteiger charge is 2.41. The van der Waals surface area contributed by atoms with Crippen LogP contribution < -0.4 is 5.32 Å². The lowest BCUT2D eigenvalue weighted by Gasteiger charge is -2.33. The van der Waals surface area contributed by atoms with Crippen LogP contribution >= 0.6 is 0 Å². The number of benzene rings is 2. The standard InChI is InChI=1S/C27H31N3O2/c1-16-8-7-9-19(14-16)26(32)28-25-22(31)15-21-23(17(2)29-30(21)6)24(25)18-10-12-20(13-11-18)27(3,4)5/h7-14,24-25H,15H2,1-6H3,(H,28,32)/t24-,25-/m1/s1. The van der Waals surface area contributed by atoms with Crippen LogP contribution in [0, 0.1) is 13.8 Å². The third-order valence-electron chi connectivity index (χ3n) is 6.43. The van der Waals surface area contributed by atoms with Crippen molar-refractivity contribution >= 4 is 11.7 Å². The molecule has 1 aromatic heterocycles. The van der Waals surface area contributed by atoms with Crippen molar-refractivity contribution in [3.63, 3.8) is 0 Å². The van der Waals surface area contributed by atoms with Gasteiger partial charge in [-0.2, -0.15) is 5.10 Å². The van der Waals surface area contributed by atoms with Crippen molar-refractivity contribution in [1.29, 1.82) is 0 Å². The first-order valence-electron chi connectivity index (χ1n) is 11.1. The molecule has 0 fully saturated rings. The molecule has 5 heteroatoms. The predicted molar refractivity (Wildman–Crippen MR) is 126 cm³/mol. The Balaban J connectivity index is 1.78. The number of aryl methyl sites for hydroxylation is 3. The molecule has 166 valence electrons. The summed E-state index contributed by atoms with van der Waals surface area (Å²) in [6, 6.07) is 15.2. The van der Waals surface area contributed by atoms with Crippen LogP contribution in [0.15, 0.2) is 48.5 Å². The highest BCUT2D eigenvalue weighted by atomic mass is 16.2. The molecule has 0 saturated carbocycles. The Morgan fingerprint density at radius 1 is 1.09 bits per heavy atom. The fraction of sp³-hybridized carbons (Fsp3) is 0.370. The third kappa shape index (κ3) is 3.99. The first-order valence-corrected chi connectivity index (χ1v) is 11.1. The highest BCUT2D eigenvalue weighted by molar-refractivity contribution is 5.99. The van der Waals surface area contributed by atoms with Gasteiger partial charge in [0.1, 0.15) is 0 Å². The van der Waals surface area contributed by atoms with E-state index < -0.39 is 6.04 Å². The summed E-state index contributed by atoms with van der Waals surface area (Å²) in [5.74, 6) is -0.498. The zero-order valence-electron chi connectivity index (χ0n) is 19.7. The van der Waals surface area contributed by atoms with E-state index in [-0.39, 0.29) is 29.4 Å². The van der Waals surface area contributed by atoms with Gasteiger partial charge in [-0.05, 0) is 42.5 Å². The Hall–Kier alpha value is -3.21. The van der Waals surface area contributed by atoms with E-state index in [9.17, 15) is 9.59 Å². The number of nitrogens with zero attached hydrogens (tertiary/aromatic N) is 2. The summed E-state index contributed by atoms with van der Waals surface area (Å²) < 4.78 is 1.80. The van der Waals surface area contributed by atoms with Crippen molar-refractivity contribution in [3.05, 3.63) is 87.7 Å². The molecule has 0 saturated heterocycles. The molecular weight excluding hydrogens is 398 g/mol. The fourth-order valence-corrected chi connectivity index (χ4v) is 4.69. The Morgan fingerprint density at radius 2 is 1.78 bits per heavy atom. The number of nitrogens with one attached hydrogen (secondary N) is 1. The Kier molecular flexibility index (Phi) is 5.53. The van der Waals surface area contributed by atoms with Crippen LogP contribution in [0.5, 0.6) is 0 Å². The van der Waals surface area contributed by atoms with Gasteiger partial charge in [0.15, 0.2) is 5.78 Å². The summed E-state index contributed by atoms with van der Waals surface area (Å²) in [4.78, 5) is 26.4. The lowest BCUT2D eigenvalue weighted by Crippen LogP contribution is -2.48. The van der Waals surface area contributed by atoms with Crippen molar-refractivity contribution in [3.8, 4) is 0 Å². The molecule has 1 N–H and O–H groups in total. The molecule has 4 rings (SSSR count). The molecule has 2 aromatic carbocycles. The average molecular weight is 430 g/mol. The minimum atomic E-state index is -0.640. The van der Waals surface area contributed by atoms with Crippen LogP contribution in [0.25, 0.3) is 0 Å². The molecule has 0 aliphatic heterocycles. The number of carbonyl (C=O) groups excluding carboxylic acids is 2. The lowest BCUT2D eigenvalue weighted by molar-refractivity contribution is -0.121. The number of ketones is 1. The Bertz CT molecular complexity index is 1180. The van der Waals surface area contributed by atoms with E-state index in [4.69, 9.17) is 0 Å². The van der Waals surface area contributed by atoms with E-state index in [1.165, 1.54) is 5.56 Å². The molecule has 1 heterocycles. The molecule has 1 aliphatic rings. The molecule has 32 heavy (non-hydrogen) atoms. The average Bonchev–Trinajstić information content (AvgIpc) is 3.01. The second-order valence-corrected chi connectivity index (χ2v) is 9.88. The number of carbonyl (C=O) groups is 2. The number of Topliss-reactive ketones (excluding diaryl/α,β-unsaturated/α-hetero) is 1. The maximum atomic E-state index is 13.3. The van der Waals surface area contributed by atoms with Crippen LogP contribution in [0.3, 0.4) is 0 Å². The molecule has 0 unspecified atom stereocenters. The molecule has 5 nitrogen and oxygen atoms in total. The summed E-state index contributed by atoms with van der Waals surface area (Å²) >= 11 is 0. The topological polar surface area (TPSA) is 64.0 Å². The first kappa shape index (κ1) is 22.0. The molecule has 3 aromatic rings. The number of aromatic nitrogens is 2. The first-order chi connectivity index (χ1) is 15.1. The van der Waals surface area contributed by atoms with Gasteiger partial charge in [0.25, 0.3) is 5.91 Å². The van der Waals surface area contributed by atoms with Crippen molar-refractivity contribution in [2.45, 2.75) is 58.4 Å². The number of rotatable bonds is 3. The van der Waals surface area contributed by atoms with Crippen LogP contribution in [0.4, 0.5) is 0 Å². The van der Waals surface area contributed by atoms with Crippen molar-refractivity contribution < 1.29 is 9.59 Å². The second-order valence-electron chi connectivity index (χ2n) is 9.88. The lowest BCUT2D eigenvalue weighted by atomic mass is 9.75. The fourth-order valence-electron chi connectivity index (χ4n) is 4.69. The summed E-state index contributed by atoms with van der Waals surface area (Å²) in [6.45, 7) is 10.5. The van der Waals surface area contributed by atoms with Gasteiger partial charge in [-0.25, -0.2) is 0 Å². The smallest absolute Gasteiger partial charge is 0.251 e. The van der Waals surface area contributed by atoms with E-state index in [1.807, 2.05) is 39.1 Å². The maximum Gasteiger partial charge on any atom is 0.251 e. The van der Waals surface area contributed by atoms with E-state index >= 15 is 0 Å². The van der Waals surface area contributed by atoms with Crippen LogP contribution in [0.1, 0.15) is 70.7 Å². The minimum absolute atomic E-state index is 0.00593. The van der Waals surface area contributed by atoms with Gasteiger partial charge in [-0.15, -0.1) is 0 Å². The van der Waals surface area contributed by atoms with Gasteiger partial charge in [0.2, 0.25) is 0 Å². The van der Waals surface area contributed by atoms with E-state index in [2.05, 4.69) is 55.5 Å². The molecule has 2 atom stereocenters. The SMILES string of the molecule is Cc1cccc(C(=O)N[C@@H]2C(=O)Cc3c(c(C)nn3C)[C@H]2c2ccc(C(C)(C)C)cc2)c1. The van der Waals surface area contributed by atoms with Gasteiger partial charge in [0, 0.05) is 29.8 Å². The quantitative estimate of drug-likeness (QED) is 0.672. The monoisotopic (exact) mass is 429 g/mol. The molecule has 1 aliphatic carbocycles. The van der Waals surface area contributed by atoms with Gasteiger partial charge in [0.05, 0.1) is 18.2 Å². The van der Waals surface area contributed by atoms with Crippen LogP contribution in [-0.2, 0) is 23.7 Å². The summed E-state index contributed by atoms with van der Waals surface area (Å²) in [7, 11) is 1.88. The van der Waals surface area contributed by atoms with Crippen LogP contribution in [-0.4, -0.2) is 27.5 Å². The molecule has 0 spiro atoms. The van der Waals surface area contributed by atoms with E-state index in [0.717, 1.165) is 28.1 Å². The number of amides is 1. The molecule has 0 radical (unpaired) electrons. The number of fused-ring (bicyclic) bond motifs is 1. The molecule has 0 bridgehead atoms. The predicted octanol–water partition coefficient (Wildman–Crippen LogP) is 4.39. The van der Waals surface area contributed by atoms with E-state index in [1.54, 1.807) is 10.7 Å². The zero-order valence-corrected chi connectivity index (χ0v) is 19.7. The van der Waals surface area contributed by atoms with Crippen molar-refractivity contribution in [1.82, 2.24) is 15.1 Å². The zero-order chi connectivity index (χ0) is 23.2. The minimum Gasteiger partial charge on any atom is -0.341 e. The molecular formula is C27H31N3O2. The van der Waals surface area contributed by atoms with Gasteiger partial charge < -0.3 is 5.32 Å². The Labute approximate surface area is 189 Å². The van der Waals surface area contributed by atoms with E-state index in [0.29, 0.717) is 5.56 Å². The Morgan fingerprint density at radius 3 is 2.41 bits per heavy atom. The highest BCUT2D eigenvalue weighted by Crippen LogP contribution is 2.38. The van der Waals surface area contributed by atoms with Gasteiger partial charge in [-0.1, -0.05) is 62.7 Å². The van der Waals surface area contributed by atoms with Gasteiger partial charge in [-0.3, -0.25) is 14.3 Å². The van der Waals surface area contributed by atoms with Crippen LogP contribution in [0.2, 0.25) is 0 Å². The summed E-state index contributed by atoms with van der Waals surface area (Å²) in [6.07, 6.45) is 0.266. The summed E-state index contributed by atoms with van der Waals surface area (Å²) in [5, 5.41) is 7.65. The largest absolute Gasteiger partial charge is 0.341 e. The third-order valence-corrected chi connectivity index (χ3v) is 6.43. The van der Waals surface area contributed by atoms with Crippen molar-refractivity contribution in [2.24, 2.45) is 7.05 Å². The van der Waals surface area contributed by atoms with Gasteiger partial charge >= 0.3 is 0 Å². The second kappa shape index (κ2) is 8.05. The summed E-state index contributed by atoms with van der Waals surface area (Å²) in [5.41, 5.74) is 6.72. The number of hydrogen-bond donors (Lipinski definition) is 1. The molecule has 1 amide bonds.